The summed E-state index contributed by atoms with van der Waals surface area (Å²) in [5, 5.41) is 35.0. The summed E-state index contributed by atoms with van der Waals surface area (Å²) >= 11 is 0. The molecule has 0 bridgehead atoms. The van der Waals surface area contributed by atoms with Crippen molar-refractivity contribution in [3.8, 4) is 0 Å². The quantitative estimate of drug-likeness (QED) is 0.0414. The Balaban J connectivity index is 1.05. The summed E-state index contributed by atoms with van der Waals surface area (Å²) in [6.07, 6.45) is 5.66. The van der Waals surface area contributed by atoms with Gasteiger partial charge in [-0.15, -0.1) is 5.10 Å². The predicted octanol–water partition coefficient (Wildman–Crippen LogP) is 3.20. The van der Waals surface area contributed by atoms with Gasteiger partial charge in [0.15, 0.2) is 5.52 Å². The molecule has 0 aliphatic carbocycles. The summed E-state index contributed by atoms with van der Waals surface area (Å²) in [7, 11) is -4.51. The van der Waals surface area contributed by atoms with E-state index < -0.39 is 37.9 Å². The summed E-state index contributed by atoms with van der Waals surface area (Å²) in [6.45, 7) is 6.97. The highest BCUT2D eigenvalue weighted by Gasteiger charge is 2.23. The predicted molar refractivity (Wildman–Crippen MR) is 210 cm³/mol. The molecule has 0 aliphatic rings. The van der Waals surface area contributed by atoms with E-state index in [1.54, 1.807) is 6.20 Å². The van der Waals surface area contributed by atoms with Crippen LogP contribution in [0.2, 0.25) is 0 Å². The molecule has 2 amide bonds. The first kappa shape index (κ1) is 43.6. The van der Waals surface area contributed by atoms with Crippen LogP contribution in [0.25, 0.3) is 11.0 Å². The Bertz CT molecular complexity index is 2460. The first-order chi connectivity index (χ1) is 28.1. The van der Waals surface area contributed by atoms with Gasteiger partial charge in [0.1, 0.15) is 11.3 Å². The van der Waals surface area contributed by atoms with Gasteiger partial charge in [0.25, 0.3) is 27.4 Å². The molecule has 0 fully saturated rings. The van der Waals surface area contributed by atoms with Crippen LogP contribution in [0.3, 0.4) is 0 Å². The van der Waals surface area contributed by atoms with Crippen molar-refractivity contribution in [2.24, 2.45) is 0 Å². The molecule has 0 saturated heterocycles. The van der Waals surface area contributed by atoms with E-state index in [-0.39, 0.29) is 58.5 Å². The van der Waals surface area contributed by atoms with Crippen LogP contribution >= 0.6 is 0 Å². The number of hydrogen-bond acceptors (Lipinski definition) is 16. The zero-order valence-electron chi connectivity index (χ0n) is 32.6. The zero-order chi connectivity index (χ0) is 42.6. The fourth-order valence-electron chi connectivity index (χ4n) is 5.61. The molecule has 5 rings (SSSR count). The molecule has 3 N–H and O–H groups in total. The van der Waals surface area contributed by atoms with Crippen molar-refractivity contribution < 1.29 is 41.8 Å². The number of esters is 1. The third kappa shape index (κ3) is 12.2. The molecule has 0 radical (unpaired) electrons. The van der Waals surface area contributed by atoms with Crippen LogP contribution in [0.1, 0.15) is 79.3 Å². The van der Waals surface area contributed by atoms with E-state index in [1.807, 2.05) is 20.8 Å². The van der Waals surface area contributed by atoms with Crippen molar-refractivity contribution in [2.75, 3.05) is 31.6 Å². The van der Waals surface area contributed by atoms with Crippen molar-refractivity contribution in [3.63, 3.8) is 0 Å². The highest BCUT2D eigenvalue weighted by atomic mass is 32.2. The van der Waals surface area contributed by atoms with Crippen LogP contribution in [0.4, 0.5) is 11.4 Å². The number of rotatable bonds is 21. The molecule has 0 spiro atoms. The molecular formula is C37H44N10O11S. The lowest BCUT2D eigenvalue weighted by molar-refractivity contribution is -0.383. The minimum atomic E-state index is -4.51. The van der Waals surface area contributed by atoms with Crippen molar-refractivity contribution in [1.29, 1.82) is 0 Å². The number of hydrogen-bond donors (Lipinski definition) is 3. The molecule has 22 heteroatoms. The number of ether oxygens (including phenoxy) is 2. The normalized spacial score (nSPS) is 11.6. The molecule has 0 unspecified atom stereocenters. The molecule has 3 aromatic heterocycles. The topological polar surface area (TPSA) is 275 Å². The molecule has 0 saturated carbocycles. The van der Waals surface area contributed by atoms with E-state index in [4.69, 9.17) is 9.47 Å². The van der Waals surface area contributed by atoms with Crippen LogP contribution in [-0.4, -0.2) is 92.3 Å². The monoisotopic (exact) mass is 836 g/mol. The Kier molecular flexibility index (Phi) is 14.6. The molecule has 21 nitrogen and oxygen atoms in total. The highest BCUT2D eigenvalue weighted by molar-refractivity contribution is 7.90. The number of anilines is 1. The summed E-state index contributed by atoms with van der Waals surface area (Å²) in [6, 6.07) is 10.2. The van der Waals surface area contributed by atoms with Crippen molar-refractivity contribution in [1.82, 2.24) is 39.9 Å². The maximum Gasteiger partial charge on any atom is 0.306 e. The third-order valence-electron chi connectivity index (χ3n) is 8.44. The number of carbonyl (C=O) groups is 3. The van der Waals surface area contributed by atoms with E-state index in [0.29, 0.717) is 54.3 Å². The van der Waals surface area contributed by atoms with Gasteiger partial charge < -0.3 is 25.4 Å². The first-order valence-electron chi connectivity index (χ1n) is 18.6. The standard InChI is InChI=1S/C37H44N10O11S/c1-37(2,3)57-32(49)11-6-4-5-7-16-39-36(51)26-12-15-31(48)46(23-26)59(54,55)28-10-8-9-25(21-28)35(50)40-22-27-24-45(44-41-27)18-20-56-19-17-38-29-13-14-30(47(52)53)34-33(29)42-58-43-34/h8-10,12-15,21,23-24,38H,4-7,11,16-20,22H2,1-3H3,(H,39,51)(H,40,50). The smallest absolute Gasteiger partial charge is 0.306 e. The molecule has 0 aliphatic heterocycles. The van der Waals surface area contributed by atoms with Gasteiger partial charge in [0.05, 0.1) is 53.6 Å². The first-order valence-corrected chi connectivity index (χ1v) is 20.0. The number of unbranched alkanes of at least 4 members (excludes halogenated alkanes) is 3. The van der Waals surface area contributed by atoms with E-state index in [0.717, 1.165) is 31.2 Å². The van der Waals surface area contributed by atoms with Gasteiger partial charge in [-0.3, -0.25) is 29.3 Å². The lowest BCUT2D eigenvalue weighted by Crippen LogP contribution is -2.30. The summed E-state index contributed by atoms with van der Waals surface area (Å²) in [5.41, 5.74) is -0.489. The second-order valence-electron chi connectivity index (χ2n) is 14.1. The van der Waals surface area contributed by atoms with Gasteiger partial charge in [-0.05, 0) is 74.3 Å². The summed E-state index contributed by atoms with van der Waals surface area (Å²) in [5.74, 6) is -1.43. The van der Waals surface area contributed by atoms with Gasteiger partial charge in [-0.1, -0.05) is 24.1 Å². The summed E-state index contributed by atoms with van der Waals surface area (Å²) in [4.78, 5) is 60.6. The maximum atomic E-state index is 13.6. The molecular weight excluding hydrogens is 793 g/mol. The van der Waals surface area contributed by atoms with Gasteiger partial charge >= 0.3 is 11.7 Å². The number of non-ortho nitro benzene ring substituents is 1. The maximum absolute atomic E-state index is 13.6. The number of carbonyl (C=O) groups excluding carboxylic acids is 3. The van der Waals surface area contributed by atoms with Crippen molar-refractivity contribution in [2.45, 2.75) is 76.5 Å². The van der Waals surface area contributed by atoms with Gasteiger partial charge in [0, 0.05) is 43.4 Å². The Hall–Kier alpha value is -6.55. The number of aromatic nitrogens is 6. The molecule has 3 heterocycles. The van der Waals surface area contributed by atoms with Crippen molar-refractivity contribution in [3.05, 3.63) is 98.2 Å². The average molecular weight is 837 g/mol. The van der Waals surface area contributed by atoms with Crippen LogP contribution in [-0.2, 0) is 37.4 Å². The van der Waals surface area contributed by atoms with Gasteiger partial charge in [-0.2, -0.15) is 0 Å². The Morgan fingerprint density at radius 2 is 1.66 bits per heavy atom. The number of amides is 2. The van der Waals surface area contributed by atoms with Gasteiger partial charge in [0.2, 0.25) is 5.52 Å². The lowest BCUT2D eigenvalue weighted by atomic mass is 10.1. The number of nitrogens with one attached hydrogen (secondary N) is 3. The number of nitro benzene ring substituents is 1. The molecule has 59 heavy (non-hydrogen) atoms. The Morgan fingerprint density at radius 3 is 2.44 bits per heavy atom. The lowest BCUT2D eigenvalue weighted by Gasteiger charge is -2.19. The Labute approximate surface area is 337 Å². The number of pyridine rings is 1. The minimum Gasteiger partial charge on any atom is -0.460 e. The number of nitrogens with zero attached hydrogens (tertiary/aromatic N) is 7. The molecule has 314 valence electrons. The number of nitro groups is 1. The minimum absolute atomic E-state index is 0.00258. The van der Waals surface area contributed by atoms with Crippen molar-refractivity contribution >= 4 is 50.2 Å². The van der Waals surface area contributed by atoms with Crippen LogP contribution in [0.15, 0.2) is 75.2 Å². The second-order valence-corrected chi connectivity index (χ2v) is 16.0. The fraction of sp³-hybridized carbons (Fsp3) is 0.405. The SMILES string of the molecule is CC(C)(C)OC(=O)CCCCCCNC(=O)c1ccc(=O)n(S(=O)(=O)c2cccc(C(=O)NCc3cn(CCOCCNc4ccc([N+](=O)[O-])c5nonc45)nn3)c2)c1. The van der Waals surface area contributed by atoms with E-state index >= 15 is 0 Å². The Morgan fingerprint density at radius 1 is 0.898 bits per heavy atom. The molecule has 2 aromatic carbocycles. The number of fused-ring (bicyclic) bond motifs is 1. The van der Waals surface area contributed by atoms with Crippen LogP contribution < -0.4 is 21.5 Å². The molecule has 5 aromatic rings. The molecule has 0 atom stereocenters. The highest BCUT2D eigenvalue weighted by Crippen LogP contribution is 2.28. The van der Waals surface area contributed by atoms with Crippen LogP contribution in [0, 0.1) is 10.1 Å². The third-order valence-corrected chi connectivity index (χ3v) is 10.1. The fourth-order valence-corrected chi connectivity index (χ4v) is 6.91. The van der Waals surface area contributed by atoms with Gasteiger partial charge in [-0.25, -0.2) is 21.7 Å². The van der Waals surface area contributed by atoms with E-state index in [2.05, 4.69) is 41.2 Å². The van der Waals surface area contributed by atoms with E-state index in [9.17, 15) is 37.7 Å². The van der Waals surface area contributed by atoms with E-state index in [1.165, 1.54) is 41.1 Å². The largest absolute Gasteiger partial charge is 0.460 e. The average Bonchev–Trinajstić information content (AvgIpc) is 3.87. The zero-order valence-corrected chi connectivity index (χ0v) is 33.4. The summed E-state index contributed by atoms with van der Waals surface area (Å²) < 4.78 is 44.7. The second kappa shape index (κ2) is 19.7. The number of benzene rings is 2. The van der Waals surface area contributed by atoms with Crippen LogP contribution in [0.5, 0.6) is 0 Å².